The van der Waals surface area contributed by atoms with Crippen molar-refractivity contribution in [3.8, 4) is 11.5 Å². The molecule has 2 heterocycles. The molecule has 27 heavy (non-hydrogen) atoms. The second-order valence-electron chi connectivity index (χ2n) is 7.26. The molecule has 2 aromatic carbocycles. The van der Waals surface area contributed by atoms with Crippen molar-refractivity contribution in [2.75, 3.05) is 6.61 Å². The van der Waals surface area contributed by atoms with Gasteiger partial charge in [0.15, 0.2) is 5.79 Å². The third-order valence-corrected chi connectivity index (χ3v) is 4.97. The highest BCUT2D eigenvalue weighted by Gasteiger charge is 2.39. The summed E-state index contributed by atoms with van der Waals surface area (Å²) in [4.78, 5) is 3.03. The minimum Gasteiger partial charge on any atom is -0.457 e. The average molecular weight is 369 g/mol. The van der Waals surface area contributed by atoms with Gasteiger partial charge in [0, 0.05) is 16.4 Å². The molecular formula is C20H20FN3O3. The van der Waals surface area contributed by atoms with Gasteiger partial charge in [0.1, 0.15) is 17.3 Å². The quantitative estimate of drug-likeness (QED) is 0.401. The predicted molar refractivity (Wildman–Crippen MR) is 97.1 cm³/mol. The van der Waals surface area contributed by atoms with Crippen molar-refractivity contribution in [1.29, 1.82) is 0 Å². The lowest BCUT2D eigenvalue weighted by molar-refractivity contribution is -0.139. The van der Waals surface area contributed by atoms with Crippen LogP contribution >= 0.6 is 0 Å². The molecule has 1 saturated heterocycles. The van der Waals surface area contributed by atoms with E-state index < -0.39 is 17.6 Å². The molecule has 3 atom stereocenters. The monoisotopic (exact) mass is 369 g/mol. The Morgan fingerprint density at radius 3 is 2.70 bits per heavy atom. The van der Waals surface area contributed by atoms with Crippen LogP contribution in [0, 0.1) is 5.82 Å². The van der Waals surface area contributed by atoms with E-state index in [1.165, 1.54) is 12.1 Å². The van der Waals surface area contributed by atoms with Gasteiger partial charge in [-0.05, 0) is 55.6 Å². The van der Waals surface area contributed by atoms with Crippen molar-refractivity contribution in [3.05, 3.63) is 69.9 Å². The van der Waals surface area contributed by atoms with Crippen molar-refractivity contribution in [2.24, 2.45) is 5.11 Å². The summed E-state index contributed by atoms with van der Waals surface area (Å²) >= 11 is 0. The molecule has 7 heteroatoms. The first kappa shape index (κ1) is 17.8. The maximum absolute atomic E-state index is 14.0. The molecule has 2 aliphatic rings. The second-order valence-corrected chi connectivity index (χ2v) is 7.26. The molecule has 0 amide bonds. The Morgan fingerprint density at radius 1 is 1.19 bits per heavy atom. The highest BCUT2D eigenvalue weighted by molar-refractivity contribution is 5.49. The Kier molecular flexibility index (Phi) is 4.52. The minimum atomic E-state index is -0.649. The Bertz CT molecular complexity index is 911. The van der Waals surface area contributed by atoms with Crippen molar-refractivity contribution < 1.29 is 18.6 Å². The Balaban J connectivity index is 1.81. The molecule has 0 aliphatic carbocycles. The van der Waals surface area contributed by atoms with Crippen molar-refractivity contribution >= 4 is 0 Å². The van der Waals surface area contributed by atoms with Crippen LogP contribution in [-0.2, 0) is 9.47 Å². The minimum absolute atomic E-state index is 0.162. The molecule has 0 N–H and O–H groups in total. The number of benzene rings is 2. The van der Waals surface area contributed by atoms with Gasteiger partial charge in [-0.3, -0.25) is 0 Å². The lowest BCUT2D eigenvalue weighted by Gasteiger charge is -2.26. The molecule has 0 radical (unpaired) electrons. The Labute approximate surface area is 156 Å². The van der Waals surface area contributed by atoms with E-state index in [-0.39, 0.29) is 12.0 Å². The number of rotatable bonds is 3. The number of halogens is 1. The van der Waals surface area contributed by atoms with Crippen molar-refractivity contribution in [1.82, 2.24) is 0 Å². The van der Waals surface area contributed by atoms with Crippen LogP contribution in [-0.4, -0.2) is 18.5 Å². The summed E-state index contributed by atoms with van der Waals surface area (Å²) in [7, 11) is 0. The van der Waals surface area contributed by atoms with Crippen LogP contribution in [0.25, 0.3) is 10.4 Å². The molecule has 2 aromatic rings. The predicted octanol–water partition coefficient (Wildman–Crippen LogP) is 5.61. The van der Waals surface area contributed by atoms with E-state index in [0.717, 1.165) is 5.56 Å². The number of ether oxygens (including phenoxy) is 3. The third-order valence-electron chi connectivity index (χ3n) is 4.97. The first-order valence-corrected chi connectivity index (χ1v) is 8.89. The molecule has 6 nitrogen and oxygen atoms in total. The van der Waals surface area contributed by atoms with E-state index in [0.29, 0.717) is 30.1 Å². The molecule has 0 bridgehead atoms. The van der Waals surface area contributed by atoms with Gasteiger partial charge < -0.3 is 14.2 Å². The molecule has 0 unspecified atom stereocenters. The highest BCUT2D eigenvalue weighted by atomic mass is 19.1. The molecule has 4 rings (SSSR count). The summed E-state index contributed by atoms with van der Waals surface area (Å²) in [6.45, 7) is 4.19. The molecule has 0 saturated carbocycles. The summed E-state index contributed by atoms with van der Waals surface area (Å²) in [5.41, 5.74) is 10.6. The van der Waals surface area contributed by atoms with Crippen LogP contribution < -0.4 is 4.74 Å². The van der Waals surface area contributed by atoms with E-state index in [9.17, 15) is 9.92 Å². The number of azide groups is 1. The SMILES string of the molecule is CC1(C)OC[C@@H](C[C@@H]2c3ccccc3Oc3ccc(F)cc3[C@H]2N=[N+]=[N-])O1. The van der Waals surface area contributed by atoms with E-state index >= 15 is 0 Å². The van der Waals surface area contributed by atoms with Crippen LogP contribution in [0.4, 0.5) is 4.39 Å². The maximum atomic E-state index is 14.0. The van der Waals surface area contributed by atoms with Crippen molar-refractivity contribution in [2.45, 2.75) is 44.1 Å². The topological polar surface area (TPSA) is 76.5 Å². The summed E-state index contributed by atoms with van der Waals surface area (Å²) in [6, 6.07) is 11.3. The van der Waals surface area contributed by atoms with E-state index in [2.05, 4.69) is 10.0 Å². The van der Waals surface area contributed by atoms with Crippen LogP contribution in [0.15, 0.2) is 47.6 Å². The van der Waals surface area contributed by atoms with Crippen molar-refractivity contribution in [3.63, 3.8) is 0 Å². The number of hydrogen-bond donors (Lipinski definition) is 0. The molecule has 1 fully saturated rings. The largest absolute Gasteiger partial charge is 0.457 e. The van der Waals surface area contributed by atoms with Gasteiger partial charge in [-0.2, -0.15) is 0 Å². The number of nitrogens with zero attached hydrogens (tertiary/aromatic N) is 3. The Hall–Kier alpha value is -2.60. The van der Waals surface area contributed by atoms with Gasteiger partial charge >= 0.3 is 0 Å². The summed E-state index contributed by atoms with van der Waals surface area (Å²) in [5.74, 6) is -0.120. The zero-order chi connectivity index (χ0) is 19.0. The van der Waals surface area contributed by atoms with E-state index in [1.54, 1.807) is 6.07 Å². The fraction of sp³-hybridized carbons (Fsp3) is 0.400. The first-order chi connectivity index (χ1) is 13.0. The first-order valence-electron chi connectivity index (χ1n) is 8.89. The standard InChI is InChI=1S/C20H20FN3O3/c1-20(2)25-11-13(27-20)10-15-14-5-3-4-6-17(14)26-18-8-7-12(21)9-16(18)19(15)23-24-22/h3-9,13,15,19H,10-11H2,1-2H3/t13-,15-,19+/m1/s1. The maximum Gasteiger partial charge on any atom is 0.163 e. The zero-order valence-corrected chi connectivity index (χ0v) is 15.1. The molecule has 140 valence electrons. The fourth-order valence-electron chi connectivity index (χ4n) is 3.85. The van der Waals surface area contributed by atoms with Crippen LogP contribution in [0.1, 0.15) is 43.4 Å². The molecule has 0 spiro atoms. The van der Waals surface area contributed by atoms with Crippen LogP contribution in [0.3, 0.4) is 0 Å². The Morgan fingerprint density at radius 2 is 1.96 bits per heavy atom. The molecule has 2 aliphatic heterocycles. The number of para-hydroxylation sites is 1. The van der Waals surface area contributed by atoms with E-state index in [4.69, 9.17) is 14.2 Å². The van der Waals surface area contributed by atoms with Crippen LogP contribution in [0.5, 0.6) is 11.5 Å². The normalized spacial score (nSPS) is 25.5. The molecule has 0 aromatic heterocycles. The second kappa shape index (κ2) is 6.85. The summed E-state index contributed by atoms with van der Waals surface area (Å²) < 4.78 is 31.7. The van der Waals surface area contributed by atoms with Gasteiger partial charge in [0.2, 0.25) is 0 Å². The number of fused-ring (bicyclic) bond motifs is 2. The molecular weight excluding hydrogens is 349 g/mol. The summed E-state index contributed by atoms with van der Waals surface area (Å²) in [6.07, 6.45) is 0.397. The lowest BCUT2D eigenvalue weighted by Crippen LogP contribution is -2.23. The highest BCUT2D eigenvalue weighted by Crippen LogP contribution is 2.49. The van der Waals surface area contributed by atoms with E-state index in [1.807, 2.05) is 38.1 Å². The van der Waals surface area contributed by atoms with Gasteiger partial charge in [0.25, 0.3) is 0 Å². The summed E-state index contributed by atoms with van der Waals surface area (Å²) in [5, 5.41) is 4.02. The third kappa shape index (κ3) is 3.49. The van der Waals surface area contributed by atoms with Gasteiger partial charge in [0.05, 0.1) is 18.8 Å². The number of hydrogen-bond acceptors (Lipinski definition) is 4. The van der Waals surface area contributed by atoms with Crippen LogP contribution in [0.2, 0.25) is 0 Å². The lowest BCUT2D eigenvalue weighted by atomic mass is 9.83. The smallest absolute Gasteiger partial charge is 0.163 e. The van der Waals surface area contributed by atoms with Gasteiger partial charge in [-0.1, -0.05) is 23.3 Å². The van der Waals surface area contributed by atoms with Gasteiger partial charge in [-0.25, -0.2) is 4.39 Å². The average Bonchev–Trinajstić information content (AvgIpc) is 2.92. The van der Waals surface area contributed by atoms with Gasteiger partial charge in [-0.15, -0.1) is 0 Å². The zero-order valence-electron chi connectivity index (χ0n) is 15.1. The fourth-order valence-corrected chi connectivity index (χ4v) is 3.85.